The number of nitrogens with zero attached hydrogens (tertiary/aromatic N) is 2. The van der Waals surface area contributed by atoms with Crippen molar-refractivity contribution in [3.8, 4) is 23.1 Å². The fourth-order valence-electron chi connectivity index (χ4n) is 2.97. The molecule has 0 amide bonds. The van der Waals surface area contributed by atoms with Crippen LogP contribution in [0.3, 0.4) is 0 Å². The van der Waals surface area contributed by atoms with Gasteiger partial charge in [-0.15, -0.1) is 0 Å². The lowest BCUT2D eigenvalue weighted by molar-refractivity contribution is -0.139. The van der Waals surface area contributed by atoms with Crippen LogP contribution in [0.2, 0.25) is 10.0 Å². The summed E-state index contributed by atoms with van der Waals surface area (Å²) in [4.78, 5) is 0. The summed E-state index contributed by atoms with van der Waals surface area (Å²) in [7, 11) is 0. The predicted octanol–water partition coefficient (Wildman–Crippen LogP) is 7.57. The topological polar surface area (TPSA) is 36.3 Å². The van der Waals surface area contributed by atoms with Gasteiger partial charge in [-0.3, -0.25) is 0 Å². The van der Waals surface area contributed by atoms with Gasteiger partial charge in [0.1, 0.15) is 23.7 Å². The second-order valence-electron chi connectivity index (χ2n) is 6.72. The molecule has 0 aliphatic rings. The summed E-state index contributed by atoms with van der Waals surface area (Å²) in [6, 6.07) is 20.4. The summed E-state index contributed by atoms with van der Waals surface area (Å²) < 4.78 is 53.1. The average molecular weight is 479 g/mol. The summed E-state index contributed by atoms with van der Waals surface area (Å²) in [6.07, 6.45) is -3.96. The molecule has 0 atom stereocenters. The summed E-state index contributed by atoms with van der Waals surface area (Å²) in [5.41, 5.74) is -0.190. The number of para-hydroxylation sites is 1. The average Bonchev–Trinajstić information content (AvgIpc) is 3.17. The second kappa shape index (κ2) is 9.14. The number of ether oxygens (including phenoxy) is 2. The van der Waals surface area contributed by atoms with Crippen LogP contribution in [0.5, 0.6) is 17.4 Å². The molecular formula is C23H15Cl2F3N2O2. The SMILES string of the molecule is FC(F)(F)c1cnn(-c2ccc(Cl)cc2Cl)c1OCc1cccc(Oc2ccccc2)c1. The van der Waals surface area contributed by atoms with Gasteiger partial charge in [0.25, 0.3) is 0 Å². The van der Waals surface area contributed by atoms with Crippen LogP contribution in [-0.4, -0.2) is 9.78 Å². The zero-order valence-corrected chi connectivity index (χ0v) is 17.8. The van der Waals surface area contributed by atoms with E-state index in [0.29, 0.717) is 28.3 Å². The third-order valence-corrected chi connectivity index (χ3v) is 4.96. The molecule has 0 aliphatic heterocycles. The van der Waals surface area contributed by atoms with E-state index in [-0.39, 0.29) is 17.3 Å². The van der Waals surface area contributed by atoms with Crippen LogP contribution in [0.15, 0.2) is 79.0 Å². The molecule has 0 radical (unpaired) electrons. The minimum Gasteiger partial charge on any atom is -0.472 e. The van der Waals surface area contributed by atoms with E-state index >= 15 is 0 Å². The highest BCUT2D eigenvalue weighted by atomic mass is 35.5. The van der Waals surface area contributed by atoms with Crippen LogP contribution < -0.4 is 9.47 Å². The Hall–Kier alpha value is -3.16. The number of benzene rings is 3. The quantitative estimate of drug-likeness (QED) is 0.286. The first-order chi connectivity index (χ1) is 15.3. The van der Waals surface area contributed by atoms with Crippen LogP contribution in [-0.2, 0) is 12.8 Å². The van der Waals surface area contributed by atoms with Gasteiger partial charge in [-0.1, -0.05) is 53.5 Å². The third-order valence-electron chi connectivity index (χ3n) is 4.42. The molecule has 9 heteroatoms. The van der Waals surface area contributed by atoms with Gasteiger partial charge in [0.05, 0.1) is 16.9 Å². The maximum Gasteiger partial charge on any atom is 0.423 e. The first-order valence-corrected chi connectivity index (χ1v) is 10.1. The van der Waals surface area contributed by atoms with Gasteiger partial charge < -0.3 is 9.47 Å². The number of rotatable bonds is 6. The molecule has 4 aromatic rings. The minimum atomic E-state index is -4.66. The van der Waals surface area contributed by atoms with Crippen LogP contribution in [0.4, 0.5) is 13.2 Å². The Bertz CT molecular complexity index is 1230. The lowest BCUT2D eigenvalue weighted by Gasteiger charge is -2.14. The van der Waals surface area contributed by atoms with E-state index in [1.807, 2.05) is 18.2 Å². The monoisotopic (exact) mass is 478 g/mol. The van der Waals surface area contributed by atoms with Crippen LogP contribution in [0, 0.1) is 0 Å². The molecule has 4 nitrogen and oxygen atoms in total. The maximum atomic E-state index is 13.6. The lowest BCUT2D eigenvalue weighted by Crippen LogP contribution is -2.10. The number of halogens is 5. The molecule has 0 aliphatic carbocycles. The molecule has 0 saturated heterocycles. The van der Waals surface area contributed by atoms with Crippen molar-refractivity contribution in [1.29, 1.82) is 0 Å². The molecule has 0 spiro atoms. The van der Waals surface area contributed by atoms with Crippen LogP contribution in [0.25, 0.3) is 5.69 Å². The maximum absolute atomic E-state index is 13.6. The van der Waals surface area contributed by atoms with E-state index in [1.165, 1.54) is 18.2 Å². The molecule has 0 bridgehead atoms. The Kier molecular flexibility index (Phi) is 6.30. The molecule has 32 heavy (non-hydrogen) atoms. The van der Waals surface area contributed by atoms with Gasteiger partial charge in [0, 0.05) is 5.02 Å². The first-order valence-electron chi connectivity index (χ1n) is 9.36. The first kappa shape index (κ1) is 22.0. The summed E-state index contributed by atoms with van der Waals surface area (Å²) in [5.74, 6) is 0.694. The Morgan fingerprint density at radius 1 is 0.875 bits per heavy atom. The fourth-order valence-corrected chi connectivity index (χ4v) is 3.46. The Labute approximate surface area is 191 Å². The smallest absolute Gasteiger partial charge is 0.423 e. The molecule has 164 valence electrons. The molecule has 1 aromatic heterocycles. The number of hydrogen-bond acceptors (Lipinski definition) is 3. The van der Waals surface area contributed by atoms with Crippen molar-refractivity contribution in [3.63, 3.8) is 0 Å². The van der Waals surface area contributed by atoms with E-state index in [1.54, 1.807) is 36.4 Å². The zero-order valence-electron chi connectivity index (χ0n) is 16.3. The highest BCUT2D eigenvalue weighted by molar-refractivity contribution is 6.35. The molecule has 0 saturated carbocycles. The van der Waals surface area contributed by atoms with E-state index in [0.717, 1.165) is 4.68 Å². The van der Waals surface area contributed by atoms with Crippen molar-refractivity contribution in [2.45, 2.75) is 12.8 Å². The van der Waals surface area contributed by atoms with Crippen molar-refractivity contribution < 1.29 is 22.6 Å². The number of alkyl halides is 3. The fraction of sp³-hybridized carbons (Fsp3) is 0.0870. The summed E-state index contributed by atoms with van der Waals surface area (Å²) >= 11 is 12.1. The molecule has 1 heterocycles. The van der Waals surface area contributed by atoms with E-state index in [4.69, 9.17) is 32.7 Å². The van der Waals surface area contributed by atoms with Gasteiger partial charge in [-0.25, -0.2) is 0 Å². The molecule has 4 rings (SSSR count). The van der Waals surface area contributed by atoms with Gasteiger partial charge in [-0.05, 0) is 48.0 Å². The van der Waals surface area contributed by atoms with Gasteiger partial charge in [-0.2, -0.15) is 23.0 Å². The molecular weight excluding hydrogens is 464 g/mol. The summed E-state index contributed by atoms with van der Waals surface area (Å²) in [6.45, 7) is -0.147. The van der Waals surface area contributed by atoms with Gasteiger partial charge >= 0.3 is 6.18 Å². The van der Waals surface area contributed by atoms with Gasteiger partial charge in [0.2, 0.25) is 5.88 Å². The van der Waals surface area contributed by atoms with Crippen molar-refractivity contribution in [1.82, 2.24) is 9.78 Å². The minimum absolute atomic E-state index is 0.137. The van der Waals surface area contributed by atoms with Crippen molar-refractivity contribution in [2.24, 2.45) is 0 Å². The largest absolute Gasteiger partial charge is 0.472 e. The Balaban J connectivity index is 1.61. The second-order valence-corrected chi connectivity index (χ2v) is 7.56. The summed E-state index contributed by atoms with van der Waals surface area (Å²) in [5, 5.41) is 4.33. The van der Waals surface area contributed by atoms with E-state index < -0.39 is 17.6 Å². The van der Waals surface area contributed by atoms with E-state index in [2.05, 4.69) is 5.10 Å². The standard InChI is InChI=1S/C23H15Cl2F3N2O2/c24-16-9-10-21(20(25)12-16)30-22(19(13-29-30)23(26,27)28)31-14-15-5-4-8-18(11-15)32-17-6-2-1-3-7-17/h1-13H,14H2. The van der Waals surface area contributed by atoms with Crippen LogP contribution in [0.1, 0.15) is 11.1 Å². The number of aromatic nitrogens is 2. The highest BCUT2D eigenvalue weighted by Crippen LogP contribution is 2.39. The Morgan fingerprint density at radius 2 is 1.62 bits per heavy atom. The van der Waals surface area contributed by atoms with E-state index in [9.17, 15) is 13.2 Å². The molecule has 0 unspecified atom stereocenters. The van der Waals surface area contributed by atoms with Gasteiger partial charge in [0.15, 0.2) is 0 Å². The van der Waals surface area contributed by atoms with Crippen molar-refractivity contribution >= 4 is 23.2 Å². The number of hydrogen-bond donors (Lipinski definition) is 0. The van der Waals surface area contributed by atoms with Crippen LogP contribution >= 0.6 is 23.2 Å². The molecule has 3 aromatic carbocycles. The molecule has 0 fully saturated rings. The Morgan fingerprint density at radius 3 is 2.34 bits per heavy atom. The third kappa shape index (κ3) is 5.00. The zero-order chi connectivity index (χ0) is 22.7. The lowest BCUT2D eigenvalue weighted by atomic mass is 10.2. The predicted molar refractivity (Wildman–Crippen MR) is 116 cm³/mol. The highest BCUT2D eigenvalue weighted by Gasteiger charge is 2.38. The van der Waals surface area contributed by atoms with Crippen molar-refractivity contribution in [2.75, 3.05) is 0 Å². The molecule has 0 N–H and O–H groups in total. The normalized spacial score (nSPS) is 11.4. The van der Waals surface area contributed by atoms with Crippen molar-refractivity contribution in [3.05, 3.63) is 100 Å².